The van der Waals surface area contributed by atoms with Crippen LogP contribution in [0.25, 0.3) is 0 Å². The summed E-state index contributed by atoms with van der Waals surface area (Å²) in [5, 5.41) is 1.27. The second kappa shape index (κ2) is 5.16. The van der Waals surface area contributed by atoms with Gasteiger partial charge in [0.1, 0.15) is 6.61 Å². The Balaban J connectivity index is 2.35. The van der Waals surface area contributed by atoms with Crippen LogP contribution in [-0.4, -0.2) is 43.9 Å². The molecule has 0 bridgehead atoms. The molecule has 1 fully saturated rings. The van der Waals surface area contributed by atoms with Crippen LogP contribution in [0.1, 0.15) is 12.8 Å². The molecule has 1 aliphatic rings. The molecule has 0 aliphatic carbocycles. The molecule has 13 heavy (non-hydrogen) atoms. The largest absolute Gasteiger partial charge is 0.381 e. The van der Waals surface area contributed by atoms with E-state index in [0.717, 1.165) is 12.8 Å². The fourth-order valence-corrected chi connectivity index (χ4v) is 1.36. The second-order valence-corrected chi connectivity index (χ2v) is 3.08. The summed E-state index contributed by atoms with van der Waals surface area (Å²) in [4.78, 5) is 11.3. The molecule has 1 heterocycles. The Morgan fingerprint density at radius 2 is 2.23 bits per heavy atom. The van der Waals surface area contributed by atoms with E-state index in [-0.39, 0.29) is 18.6 Å². The summed E-state index contributed by atoms with van der Waals surface area (Å²) >= 11 is 0. The van der Waals surface area contributed by atoms with Gasteiger partial charge in [-0.1, -0.05) is 0 Å². The number of hydrazine groups is 1. The molecule has 0 aromatic carbocycles. The predicted octanol–water partition coefficient (Wildman–Crippen LogP) is -0.486. The van der Waals surface area contributed by atoms with Crippen molar-refractivity contribution in [1.82, 2.24) is 5.01 Å². The number of hydrogen-bond donors (Lipinski definition) is 1. The first kappa shape index (κ1) is 10.4. The molecule has 2 N–H and O–H groups in total. The fourth-order valence-electron chi connectivity index (χ4n) is 1.36. The van der Waals surface area contributed by atoms with Crippen molar-refractivity contribution >= 4 is 5.91 Å². The number of ether oxygens (including phenoxy) is 2. The fraction of sp³-hybridized carbons (Fsp3) is 0.875. The van der Waals surface area contributed by atoms with Crippen LogP contribution in [0.2, 0.25) is 0 Å². The summed E-state index contributed by atoms with van der Waals surface area (Å²) in [7, 11) is 1.48. The van der Waals surface area contributed by atoms with E-state index in [2.05, 4.69) is 0 Å². The number of hydrogen-bond acceptors (Lipinski definition) is 4. The summed E-state index contributed by atoms with van der Waals surface area (Å²) in [6, 6.07) is 0.108. The van der Waals surface area contributed by atoms with Crippen molar-refractivity contribution < 1.29 is 14.3 Å². The maximum absolute atomic E-state index is 11.3. The molecule has 0 unspecified atom stereocenters. The maximum Gasteiger partial charge on any atom is 0.262 e. The summed E-state index contributed by atoms with van der Waals surface area (Å²) in [6.07, 6.45) is 1.62. The molecule has 1 rings (SSSR count). The molecule has 1 saturated heterocycles. The van der Waals surface area contributed by atoms with Gasteiger partial charge in [-0.3, -0.25) is 9.80 Å². The van der Waals surface area contributed by atoms with Gasteiger partial charge in [0.25, 0.3) is 5.91 Å². The highest BCUT2D eigenvalue weighted by atomic mass is 16.5. The first-order chi connectivity index (χ1) is 6.25. The number of rotatable bonds is 3. The molecule has 5 nitrogen and oxygen atoms in total. The first-order valence-electron chi connectivity index (χ1n) is 4.39. The van der Waals surface area contributed by atoms with Crippen LogP contribution in [-0.2, 0) is 14.3 Å². The number of carbonyl (C=O) groups excluding carboxylic acids is 1. The molecule has 0 spiro atoms. The van der Waals surface area contributed by atoms with Gasteiger partial charge in [-0.2, -0.15) is 0 Å². The minimum atomic E-state index is -0.172. The topological polar surface area (TPSA) is 64.8 Å². The number of nitrogens with zero attached hydrogens (tertiary/aromatic N) is 1. The van der Waals surface area contributed by atoms with Crippen LogP contribution in [0.3, 0.4) is 0 Å². The Labute approximate surface area is 77.7 Å². The summed E-state index contributed by atoms with van der Waals surface area (Å²) < 4.78 is 9.88. The summed E-state index contributed by atoms with van der Waals surface area (Å²) in [6.45, 7) is 1.41. The lowest BCUT2D eigenvalue weighted by atomic mass is 10.1. The van der Waals surface area contributed by atoms with E-state index < -0.39 is 0 Å². The van der Waals surface area contributed by atoms with Crippen molar-refractivity contribution in [2.45, 2.75) is 18.9 Å². The van der Waals surface area contributed by atoms with E-state index in [1.165, 1.54) is 12.1 Å². The Hall–Kier alpha value is -0.650. The highest BCUT2D eigenvalue weighted by Crippen LogP contribution is 2.11. The normalized spacial score (nSPS) is 18.6. The van der Waals surface area contributed by atoms with Crippen molar-refractivity contribution in [2.24, 2.45) is 5.84 Å². The van der Waals surface area contributed by atoms with E-state index >= 15 is 0 Å². The van der Waals surface area contributed by atoms with Crippen LogP contribution < -0.4 is 5.84 Å². The number of amides is 1. The summed E-state index contributed by atoms with van der Waals surface area (Å²) in [5.74, 6) is 5.45. The third kappa shape index (κ3) is 2.95. The maximum atomic E-state index is 11.3. The second-order valence-electron chi connectivity index (χ2n) is 3.08. The average Bonchev–Trinajstić information content (AvgIpc) is 2.18. The SMILES string of the molecule is COCC(=O)N(N)C1CCOCC1. The third-order valence-corrected chi connectivity index (χ3v) is 2.14. The molecule has 0 saturated carbocycles. The number of methoxy groups -OCH3 is 1. The zero-order valence-corrected chi connectivity index (χ0v) is 7.86. The predicted molar refractivity (Wildman–Crippen MR) is 46.8 cm³/mol. The zero-order chi connectivity index (χ0) is 9.68. The smallest absolute Gasteiger partial charge is 0.262 e. The molecular weight excluding hydrogens is 172 g/mol. The van der Waals surface area contributed by atoms with E-state index in [0.29, 0.717) is 13.2 Å². The third-order valence-electron chi connectivity index (χ3n) is 2.14. The van der Waals surface area contributed by atoms with Crippen LogP contribution >= 0.6 is 0 Å². The van der Waals surface area contributed by atoms with E-state index in [4.69, 9.17) is 15.3 Å². The van der Waals surface area contributed by atoms with Gasteiger partial charge in [0, 0.05) is 20.3 Å². The van der Waals surface area contributed by atoms with Gasteiger partial charge in [-0.25, -0.2) is 5.84 Å². The molecule has 0 radical (unpaired) electrons. The Kier molecular flexibility index (Phi) is 4.14. The Morgan fingerprint density at radius 1 is 1.62 bits per heavy atom. The van der Waals surface area contributed by atoms with Crippen molar-refractivity contribution in [3.05, 3.63) is 0 Å². The zero-order valence-electron chi connectivity index (χ0n) is 7.86. The lowest BCUT2D eigenvalue weighted by Gasteiger charge is -2.30. The molecule has 1 amide bonds. The molecule has 0 aromatic heterocycles. The lowest BCUT2D eigenvalue weighted by Crippen LogP contribution is -2.49. The van der Waals surface area contributed by atoms with Crippen LogP contribution in [0, 0.1) is 0 Å². The van der Waals surface area contributed by atoms with Gasteiger partial charge < -0.3 is 9.47 Å². The highest BCUT2D eigenvalue weighted by Gasteiger charge is 2.22. The molecule has 0 atom stereocenters. The van der Waals surface area contributed by atoms with E-state index in [1.807, 2.05) is 0 Å². The van der Waals surface area contributed by atoms with Crippen molar-refractivity contribution in [3.8, 4) is 0 Å². The van der Waals surface area contributed by atoms with Crippen molar-refractivity contribution in [1.29, 1.82) is 0 Å². The Morgan fingerprint density at radius 3 is 2.77 bits per heavy atom. The molecule has 0 aromatic rings. The monoisotopic (exact) mass is 188 g/mol. The van der Waals surface area contributed by atoms with Gasteiger partial charge in [0.15, 0.2) is 0 Å². The first-order valence-corrected chi connectivity index (χ1v) is 4.39. The van der Waals surface area contributed by atoms with Gasteiger partial charge >= 0.3 is 0 Å². The quantitative estimate of drug-likeness (QED) is 0.369. The number of carbonyl (C=O) groups is 1. The molecule has 1 aliphatic heterocycles. The lowest BCUT2D eigenvalue weighted by molar-refractivity contribution is -0.139. The molecule has 5 heteroatoms. The summed E-state index contributed by atoms with van der Waals surface area (Å²) in [5.41, 5.74) is 0. The molecule has 76 valence electrons. The van der Waals surface area contributed by atoms with Gasteiger partial charge in [0.2, 0.25) is 0 Å². The van der Waals surface area contributed by atoms with E-state index in [9.17, 15) is 4.79 Å². The van der Waals surface area contributed by atoms with Crippen LogP contribution in [0.15, 0.2) is 0 Å². The van der Waals surface area contributed by atoms with Gasteiger partial charge in [-0.15, -0.1) is 0 Å². The van der Waals surface area contributed by atoms with Crippen LogP contribution in [0.5, 0.6) is 0 Å². The minimum absolute atomic E-state index is 0.0495. The van der Waals surface area contributed by atoms with Gasteiger partial charge in [-0.05, 0) is 12.8 Å². The van der Waals surface area contributed by atoms with Crippen molar-refractivity contribution in [2.75, 3.05) is 26.9 Å². The van der Waals surface area contributed by atoms with E-state index in [1.54, 1.807) is 0 Å². The minimum Gasteiger partial charge on any atom is -0.381 e. The number of nitrogens with two attached hydrogens (primary N) is 1. The van der Waals surface area contributed by atoms with Crippen molar-refractivity contribution in [3.63, 3.8) is 0 Å². The average molecular weight is 188 g/mol. The Bertz CT molecular complexity index is 169. The van der Waals surface area contributed by atoms with Crippen LogP contribution in [0.4, 0.5) is 0 Å². The highest BCUT2D eigenvalue weighted by molar-refractivity contribution is 5.77. The van der Waals surface area contributed by atoms with Gasteiger partial charge in [0.05, 0.1) is 6.04 Å². The standard InChI is InChI=1S/C8H16N2O3/c1-12-6-8(11)10(9)7-2-4-13-5-3-7/h7H,2-6,9H2,1H3. The molecular formula is C8H16N2O3.